The standard InChI is InChI=1S/C17H13ClN2O3/c1-23-12-6-4-5-11(9-12)10-14-16(21)20(17(22)19-14)15-8-3-2-7-13(15)18/h2-10H,1H3,(H,19,22)/b14-10-. The number of nitrogens with one attached hydrogen (secondary N) is 1. The van der Waals surface area contributed by atoms with Gasteiger partial charge < -0.3 is 10.1 Å². The van der Waals surface area contributed by atoms with E-state index in [9.17, 15) is 9.59 Å². The minimum absolute atomic E-state index is 0.183. The van der Waals surface area contributed by atoms with E-state index in [1.165, 1.54) is 0 Å². The number of anilines is 1. The van der Waals surface area contributed by atoms with E-state index in [1.807, 2.05) is 6.07 Å². The van der Waals surface area contributed by atoms with Crippen LogP contribution in [-0.2, 0) is 4.79 Å². The lowest BCUT2D eigenvalue weighted by atomic mass is 10.2. The molecule has 0 bridgehead atoms. The first kappa shape index (κ1) is 15.1. The highest BCUT2D eigenvalue weighted by atomic mass is 35.5. The van der Waals surface area contributed by atoms with Gasteiger partial charge in [-0.1, -0.05) is 35.9 Å². The summed E-state index contributed by atoms with van der Waals surface area (Å²) in [5.74, 6) is 0.213. The van der Waals surface area contributed by atoms with Gasteiger partial charge in [0.15, 0.2) is 0 Å². The Kier molecular flexibility index (Phi) is 4.04. The zero-order valence-electron chi connectivity index (χ0n) is 12.2. The second-order valence-electron chi connectivity index (χ2n) is 4.86. The molecule has 1 aliphatic heterocycles. The van der Waals surface area contributed by atoms with Crippen molar-refractivity contribution in [2.24, 2.45) is 0 Å². The summed E-state index contributed by atoms with van der Waals surface area (Å²) in [7, 11) is 1.56. The van der Waals surface area contributed by atoms with E-state index in [-0.39, 0.29) is 5.70 Å². The summed E-state index contributed by atoms with van der Waals surface area (Å²) in [6.45, 7) is 0. The van der Waals surface area contributed by atoms with Gasteiger partial charge in [-0.3, -0.25) is 4.79 Å². The third kappa shape index (κ3) is 2.91. The summed E-state index contributed by atoms with van der Waals surface area (Å²) in [5, 5.41) is 2.90. The molecular weight excluding hydrogens is 316 g/mol. The van der Waals surface area contributed by atoms with Crippen molar-refractivity contribution in [1.82, 2.24) is 5.32 Å². The average molecular weight is 329 g/mol. The SMILES string of the molecule is COc1cccc(/C=C2\NC(=O)N(c3ccccc3Cl)C2=O)c1. The molecule has 0 spiro atoms. The third-order valence-electron chi connectivity index (χ3n) is 3.38. The number of imide groups is 1. The molecule has 1 saturated heterocycles. The molecule has 3 rings (SSSR count). The van der Waals surface area contributed by atoms with Crippen LogP contribution in [0, 0.1) is 0 Å². The first-order valence-corrected chi connectivity index (χ1v) is 7.23. The fourth-order valence-corrected chi connectivity index (χ4v) is 2.51. The number of nitrogens with zero attached hydrogens (tertiary/aromatic N) is 1. The van der Waals surface area contributed by atoms with Crippen molar-refractivity contribution in [3.63, 3.8) is 0 Å². The number of halogens is 1. The van der Waals surface area contributed by atoms with Gasteiger partial charge >= 0.3 is 6.03 Å². The monoisotopic (exact) mass is 328 g/mol. The Morgan fingerprint density at radius 1 is 1.13 bits per heavy atom. The van der Waals surface area contributed by atoms with Crippen molar-refractivity contribution in [2.45, 2.75) is 0 Å². The smallest absolute Gasteiger partial charge is 0.333 e. The molecular formula is C17H13ClN2O3. The molecule has 2 aromatic rings. The molecule has 0 atom stereocenters. The van der Waals surface area contributed by atoms with Crippen molar-refractivity contribution in [1.29, 1.82) is 0 Å². The largest absolute Gasteiger partial charge is 0.497 e. The maximum Gasteiger partial charge on any atom is 0.333 e. The van der Waals surface area contributed by atoms with Crippen molar-refractivity contribution in [2.75, 3.05) is 12.0 Å². The number of para-hydroxylation sites is 1. The quantitative estimate of drug-likeness (QED) is 0.693. The maximum absolute atomic E-state index is 12.5. The Morgan fingerprint density at radius 2 is 1.91 bits per heavy atom. The summed E-state index contributed by atoms with van der Waals surface area (Å²) in [5.41, 5.74) is 1.28. The van der Waals surface area contributed by atoms with Crippen LogP contribution in [0.3, 0.4) is 0 Å². The Labute approximate surface area is 138 Å². The van der Waals surface area contributed by atoms with Crippen molar-refractivity contribution >= 4 is 35.3 Å². The van der Waals surface area contributed by atoms with Gasteiger partial charge in [0, 0.05) is 0 Å². The minimum Gasteiger partial charge on any atom is -0.497 e. The molecule has 0 radical (unpaired) electrons. The highest BCUT2D eigenvalue weighted by Gasteiger charge is 2.35. The lowest BCUT2D eigenvalue weighted by molar-refractivity contribution is -0.113. The van der Waals surface area contributed by atoms with Crippen molar-refractivity contribution < 1.29 is 14.3 Å². The molecule has 0 aromatic heterocycles. The number of carbonyl (C=O) groups is 2. The predicted molar refractivity (Wildman–Crippen MR) is 88.4 cm³/mol. The Balaban J connectivity index is 1.95. The van der Waals surface area contributed by atoms with E-state index in [4.69, 9.17) is 16.3 Å². The number of benzene rings is 2. The first-order valence-electron chi connectivity index (χ1n) is 6.86. The third-order valence-corrected chi connectivity index (χ3v) is 3.70. The van der Waals surface area contributed by atoms with Crippen LogP contribution in [-0.4, -0.2) is 19.0 Å². The highest BCUT2D eigenvalue weighted by Crippen LogP contribution is 2.29. The summed E-state index contributed by atoms with van der Waals surface area (Å²) >= 11 is 6.07. The molecule has 6 heteroatoms. The molecule has 1 aliphatic rings. The van der Waals surface area contributed by atoms with E-state index < -0.39 is 11.9 Å². The summed E-state index contributed by atoms with van der Waals surface area (Å²) in [4.78, 5) is 25.7. The molecule has 5 nitrogen and oxygen atoms in total. The van der Waals surface area contributed by atoms with Gasteiger partial charge in [0.1, 0.15) is 11.4 Å². The number of methoxy groups -OCH3 is 1. The van der Waals surface area contributed by atoms with Crippen LogP contribution in [0.25, 0.3) is 6.08 Å². The Bertz CT molecular complexity index is 817. The first-order chi connectivity index (χ1) is 11.1. The van der Waals surface area contributed by atoms with Gasteiger partial charge in [-0.05, 0) is 35.9 Å². The fraction of sp³-hybridized carbons (Fsp3) is 0.0588. The van der Waals surface area contributed by atoms with Gasteiger partial charge in [0.25, 0.3) is 5.91 Å². The fourth-order valence-electron chi connectivity index (χ4n) is 2.28. The van der Waals surface area contributed by atoms with Gasteiger partial charge in [-0.25, -0.2) is 9.69 Å². The van der Waals surface area contributed by atoms with E-state index in [0.717, 1.165) is 10.5 Å². The number of carbonyl (C=O) groups excluding carboxylic acids is 2. The van der Waals surface area contributed by atoms with Crippen LogP contribution in [0.1, 0.15) is 5.56 Å². The number of hydrogen-bond donors (Lipinski definition) is 1. The Morgan fingerprint density at radius 3 is 2.65 bits per heavy atom. The maximum atomic E-state index is 12.5. The predicted octanol–water partition coefficient (Wildman–Crippen LogP) is 3.45. The van der Waals surface area contributed by atoms with Gasteiger partial charge in [-0.15, -0.1) is 0 Å². The molecule has 1 N–H and O–H groups in total. The molecule has 23 heavy (non-hydrogen) atoms. The molecule has 0 unspecified atom stereocenters. The Hall–Kier alpha value is -2.79. The van der Waals surface area contributed by atoms with Gasteiger partial charge in [-0.2, -0.15) is 0 Å². The molecule has 116 valence electrons. The van der Waals surface area contributed by atoms with Crippen molar-refractivity contribution in [3.8, 4) is 5.75 Å². The van der Waals surface area contributed by atoms with E-state index in [2.05, 4.69) is 5.32 Å². The number of amides is 3. The van der Waals surface area contributed by atoms with Crippen LogP contribution in [0.5, 0.6) is 5.75 Å². The number of urea groups is 1. The zero-order valence-corrected chi connectivity index (χ0v) is 13.0. The molecule has 3 amide bonds. The number of ether oxygens (including phenoxy) is 1. The lowest BCUT2D eigenvalue weighted by Gasteiger charge is -2.13. The normalized spacial score (nSPS) is 15.9. The lowest BCUT2D eigenvalue weighted by Crippen LogP contribution is -2.30. The second kappa shape index (κ2) is 6.14. The summed E-state index contributed by atoms with van der Waals surface area (Å²) in [6.07, 6.45) is 1.60. The molecule has 2 aromatic carbocycles. The zero-order chi connectivity index (χ0) is 16.4. The van der Waals surface area contributed by atoms with E-state index in [0.29, 0.717) is 16.5 Å². The van der Waals surface area contributed by atoms with E-state index in [1.54, 1.807) is 55.7 Å². The van der Waals surface area contributed by atoms with Crippen LogP contribution in [0.15, 0.2) is 54.2 Å². The minimum atomic E-state index is -0.530. The molecule has 1 fully saturated rings. The average Bonchev–Trinajstić information content (AvgIpc) is 2.82. The van der Waals surface area contributed by atoms with Crippen molar-refractivity contribution in [3.05, 3.63) is 64.8 Å². The van der Waals surface area contributed by atoms with Gasteiger partial charge in [0.2, 0.25) is 0 Å². The topological polar surface area (TPSA) is 58.6 Å². The van der Waals surface area contributed by atoms with Crippen LogP contribution in [0.2, 0.25) is 5.02 Å². The van der Waals surface area contributed by atoms with Crippen LogP contribution in [0.4, 0.5) is 10.5 Å². The summed E-state index contributed by atoms with van der Waals surface area (Å²) in [6, 6.07) is 13.3. The van der Waals surface area contributed by atoms with E-state index >= 15 is 0 Å². The van der Waals surface area contributed by atoms with Gasteiger partial charge in [0.05, 0.1) is 17.8 Å². The van der Waals surface area contributed by atoms with Crippen LogP contribution < -0.4 is 15.0 Å². The molecule has 1 heterocycles. The summed E-state index contributed by atoms with van der Waals surface area (Å²) < 4.78 is 5.14. The number of rotatable bonds is 3. The second-order valence-corrected chi connectivity index (χ2v) is 5.26. The molecule has 0 aliphatic carbocycles. The van der Waals surface area contributed by atoms with Crippen LogP contribution >= 0.6 is 11.6 Å². The number of hydrogen-bond acceptors (Lipinski definition) is 3. The molecule has 0 saturated carbocycles. The highest BCUT2D eigenvalue weighted by molar-refractivity contribution is 6.37.